The first kappa shape index (κ1) is 14.8. The number of nitrogens with zero attached hydrogens (tertiary/aromatic N) is 1. The highest BCUT2D eigenvalue weighted by Crippen LogP contribution is 2.24. The minimum atomic E-state index is -0.114. The Morgan fingerprint density at radius 3 is 2.71 bits per heavy atom. The fourth-order valence-corrected chi connectivity index (χ4v) is 2.13. The third-order valence-corrected chi connectivity index (χ3v) is 3.11. The number of carbonyl (C=O) groups is 1. The highest BCUT2D eigenvalue weighted by atomic mass is 16.6. The molecule has 0 bridgehead atoms. The summed E-state index contributed by atoms with van der Waals surface area (Å²) in [5.74, 6) is 0.655. The van der Waals surface area contributed by atoms with Crippen LogP contribution >= 0.6 is 0 Å². The molecular formula is C16H18N2O3. The maximum absolute atomic E-state index is 11.1. The zero-order chi connectivity index (χ0) is 15.2. The minimum Gasteiger partial charge on any atom is -0.497 e. The van der Waals surface area contributed by atoms with Crippen molar-refractivity contribution in [3.05, 3.63) is 42.0 Å². The molecule has 0 spiro atoms. The summed E-state index contributed by atoms with van der Waals surface area (Å²) in [4.78, 5) is 16.0. The van der Waals surface area contributed by atoms with E-state index in [9.17, 15) is 4.79 Å². The quantitative estimate of drug-likeness (QED) is 0.678. The summed E-state index contributed by atoms with van der Waals surface area (Å²) < 4.78 is 5.27. The number of hydrogen-bond acceptors (Lipinski definition) is 4. The minimum absolute atomic E-state index is 0.114. The molecule has 0 unspecified atom stereocenters. The van der Waals surface area contributed by atoms with Crippen molar-refractivity contribution in [1.82, 2.24) is 5.32 Å². The number of oxime groups is 1. The van der Waals surface area contributed by atoms with Crippen LogP contribution < -0.4 is 10.1 Å². The highest BCUT2D eigenvalue weighted by Gasteiger charge is 2.10. The summed E-state index contributed by atoms with van der Waals surface area (Å²) in [7, 11) is 3.12. The molecule has 2 rings (SSSR count). The van der Waals surface area contributed by atoms with Crippen molar-refractivity contribution in [2.24, 2.45) is 5.16 Å². The van der Waals surface area contributed by atoms with E-state index < -0.39 is 0 Å². The third-order valence-electron chi connectivity index (χ3n) is 3.11. The Morgan fingerprint density at radius 1 is 1.24 bits per heavy atom. The molecule has 0 heterocycles. The first-order valence-corrected chi connectivity index (χ1v) is 6.57. The van der Waals surface area contributed by atoms with Crippen LogP contribution in [0.2, 0.25) is 0 Å². The van der Waals surface area contributed by atoms with E-state index in [-0.39, 0.29) is 5.91 Å². The van der Waals surface area contributed by atoms with E-state index in [0.29, 0.717) is 12.3 Å². The van der Waals surface area contributed by atoms with Crippen LogP contribution in [0.1, 0.15) is 12.5 Å². The molecule has 21 heavy (non-hydrogen) atoms. The smallest absolute Gasteiger partial charge is 0.217 e. The maximum Gasteiger partial charge on any atom is 0.217 e. The molecule has 5 heteroatoms. The number of ether oxygens (including phenoxy) is 1. The maximum atomic E-state index is 11.1. The second-order valence-corrected chi connectivity index (χ2v) is 4.52. The molecule has 5 nitrogen and oxygen atoms in total. The van der Waals surface area contributed by atoms with Crippen LogP contribution in [0.15, 0.2) is 41.6 Å². The van der Waals surface area contributed by atoms with Gasteiger partial charge >= 0.3 is 0 Å². The molecule has 2 aromatic rings. The molecular weight excluding hydrogens is 268 g/mol. The Morgan fingerprint density at radius 2 is 2.05 bits per heavy atom. The van der Waals surface area contributed by atoms with Crippen molar-refractivity contribution in [1.29, 1.82) is 0 Å². The molecule has 0 aliphatic rings. The molecule has 0 aliphatic carbocycles. The number of fused-ring (bicyclic) bond motifs is 1. The second kappa shape index (κ2) is 6.74. The summed E-state index contributed by atoms with van der Waals surface area (Å²) in [5, 5.41) is 8.84. The van der Waals surface area contributed by atoms with Crippen LogP contribution in [-0.4, -0.2) is 32.4 Å². The molecule has 0 saturated heterocycles. The van der Waals surface area contributed by atoms with Crippen LogP contribution in [0.5, 0.6) is 5.75 Å². The van der Waals surface area contributed by atoms with Gasteiger partial charge in [0.25, 0.3) is 0 Å². The zero-order valence-electron chi connectivity index (χ0n) is 12.3. The van der Waals surface area contributed by atoms with Gasteiger partial charge in [-0.3, -0.25) is 4.79 Å². The Hall–Kier alpha value is -2.56. The molecule has 0 atom stereocenters. The van der Waals surface area contributed by atoms with Crippen molar-refractivity contribution < 1.29 is 14.4 Å². The number of hydrogen-bond donors (Lipinski definition) is 1. The summed E-state index contributed by atoms with van der Waals surface area (Å²) in [6, 6.07) is 11.8. The van der Waals surface area contributed by atoms with E-state index in [1.165, 1.54) is 14.0 Å². The lowest BCUT2D eigenvalue weighted by Crippen LogP contribution is -2.28. The lowest BCUT2D eigenvalue weighted by Gasteiger charge is -2.11. The van der Waals surface area contributed by atoms with E-state index in [4.69, 9.17) is 9.57 Å². The lowest BCUT2D eigenvalue weighted by atomic mass is 10.0. The first-order chi connectivity index (χ1) is 10.2. The number of carbonyl (C=O) groups excluding carboxylic acids is 1. The first-order valence-electron chi connectivity index (χ1n) is 6.57. The lowest BCUT2D eigenvalue weighted by molar-refractivity contribution is -0.118. The van der Waals surface area contributed by atoms with E-state index in [1.54, 1.807) is 7.11 Å². The molecule has 2 aromatic carbocycles. The van der Waals surface area contributed by atoms with Gasteiger partial charge in [-0.05, 0) is 22.9 Å². The topological polar surface area (TPSA) is 59.9 Å². The van der Waals surface area contributed by atoms with Gasteiger partial charge in [-0.25, -0.2) is 0 Å². The summed E-state index contributed by atoms with van der Waals surface area (Å²) >= 11 is 0. The number of rotatable bonds is 5. The molecule has 110 valence electrons. The molecule has 1 amide bonds. The van der Waals surface area contributed by atoms with Crippen LogP contribution in [0.25, 0.3) is 10.8 Å². The highest BCUT2D eigenvalue weighted by molar-refractivity contribution is 6.12. The predicted molar refractivity (Wildman–Crippen MR) is 82.7 cm³/mol. The Balaban J connectivity index is 2.51. The van der Waals surface area contributed by atoms with Crippen molar-refractivity contribution in [2.75, 3.05) is 20.8 Å². The molecule has 0 saturated carbocycles. The summed E-state index contributed by atoms with van der Waals surface area (Å²) in [5.41, 5.74) is 1.56. The molecule has 1 N–H and O–H groups in total. The van der Waals surface area contributed by atoms with Gasteiger partial charge in [0.15, 0.2) is 0 Å². The van der Waals surface area contributed by atoms with Gasteiger partial charge in [-0.1, -0.05) is 29.4 Å². The van der Waals surface area contributed by atoms with Gasteiger partial charge in [0.1, 0.15) is 18.6 Å². The zero-order valence-corrected chi connectivity index (χ0v) is 12.3. The number of amides is 1. The van der Waals surface area contributed by atoms with Crippen LogP contribution in [0.3, 0.4) is 0 Å². The van der Waals surface area contributed by atoms with E-state index in [2.05, 4.69) is 10.5 Å². The third kappa shape index (κ3) is 3.51. The number of nitrogens with one attached hydrogen (secondary N) is 1. The normalized spacial score (nSPS) is 11.3. The van der Waals surface area contributed by atoms with Crippen LogP contribution in [0, 0.1) is 0 Å². The summed E-state index contributed by atoms with van der Waals surface area (Å²) in [6.45, 7) is 1.77. The Labute approximate surface area is 123 Å². The van der Waals surface area contributed by atoms with Gasteiger partial charge < -0.3 is 14.9 Å². The van der Waals surface area contributed by atoms with Crippen molar-refractivity contribution in [3.63, 3.8) is 0 Å². The second-order valence-electron chi connectivity index (χ2n) is 4.52. The summed E-state index contributed by atoms with van der Waals surface area (Å²) in [6.07, 6.45) is 0. The van der Waals surface area contributed by atoms with E-state index >= 15 is 0 Å². The molecule has 0 fully saturated rings. The van der Waals surface area contributed by atoms with Gasteiger partial charge in [0.2, 0.25) is 5.91 Å². The number of methoxy groups -OCH3 is 1. The van der Waals surface area contributed by atoms with Gasteiger partial charge in [0.05, 0.1) is 13.7 Å². The molecule has 0 radical (unpaired) electrons. The van der Waals surface area contributed by atoms with Crippen molar-refractivity contribution in [2.45, 2.75) is 6.92 Å². The van der Waals surface area contributed by atoms with Gasteiger partial charge in [-0.15, -0.1) is 0 Å². The largest absolute Gasteiger partial charge is 0.497 e. The van der Waals surface area contributed by atoms with Gasteiger partial charge in [0, 0.05) is 12.5 Å². The van der Waals surface area contributed by atoms with E-state index in [0.717, 1.165) is 22.1 Å². The van der Waals surface area contributed by atoms with Crippen molar-refractivity contribution in [3.8, 4) is 5.75 Å². The van der Waals surface area contributed by atoms with Crippen LogP contribution in [0.4, 0.5) is 0 Å². The fourth-order valence-electron chi connectivity index (χ4n) is 2.13. The Kier molecular flexibility index (Phi) is 4.77. The number of benzene rings is 2. The Bertz CT molecular complexity index is 680. The standard InChI is InChI=1S/C16H18N2O3/c1-11(19)17-10-16(18-21-3)14-6-4-5-12-7-8-13(20-2)9-15(12)14/h4-9H,10H2,1-3H3,(H,17,19). The predicted octanol–water partition coefficient (Wildman–Crippen LogP) is 2.33. The fraction of sp³-hybridized carbons (Fsp3) is 0.250. The van der Waals surface area contributed by atoms with E-state index in [1.807, 2.05) is 36.4 Å². The molecule has 0 aromatic heterocycles. The monoisotopic (exact) mass is 286 g/mol. The SMILES string of the molecule is CON=C(CNC(C)=O)c1cccc2ccc(OC)cc12. The van der Waals surface area contributed by atoms with Crippen molar-refractivity contribution >= 4 is 22.4 Å². The molecule has 0 aliphatic heterocycles. The average molecular weight is 286 g/mol. The van der Waals surface area contributed by atoms with Crippen LogP contribution in [-0.2, 0) is 9.63 Å². The average Bonchev–Trinajstić information content (AvgIpc) is 2.50. The van der Waals surface area contributed by atoms with Gasteiger partial charge in [-0.2, -0.15) is 0 Å².